The molecule has 1 aliphatic heterocycles. The summed E-state index contributed by atoms with van der Waals surface area (Å²) in [6, 6.07) is 3.99. The number of aromatic nitrogens is 1. The predicted octanol–water partition coefficient (Wildman–Crippen LogP) is 1.30. The molecule has 1 aliphatic rings. The van der Waals surface area contributed by atoms with E-state index in [-0.39, 0.29) is 0 Å². The largest absolute Gasteiger partial charge is 0.308 e. The van der Waals surface area contributed by atoms with Crippen LogP contribution in [0.2, 0.25) is 0 Å². The van der Waals surface area contributed by atoms with Crippen LogP contribution >= 0.6 is 11.8 Å². The molecule has 0 spiro atoms. The van der Waals surface area contributed by atoms with Crippen molar-refractivity contribution in [3.8, 4) is 0 Å². The molecule has 0 saturated carbocycles. The monoisotopic (exact) mass is 238 g/mol. The number of rotatable bonds is 3. The standard InChI is InChI=1S/C11H18N4S/c1-9-7-15(4-5-16-9)8-10-2-3-11(14-12)13-6-10/h2-3,6,9H,4-5,7-8,12H2,1H3,(H,13,14). The Kier molecular flexibility index (Phi) is 4.04. The number of hydrazine groups is 1. The van der Waals surface area contributed by atoms with Gasteiger partial charge in [-0.1, -0.05) is 13.0 Å². The van der Waals surface area contributed by atoms with Crippen LogP contribution in [0, 0.1) is 0 Å². The van der Waals surface area contributed by atoms with Gasteiger partial charge in [-0.3, -0.25) is 4.90 Å². The fraction of sp³-hybridized carbons (Fsp3) is 0.545. The molecule has 1 aromatic rings. The lowest BCUT2D eigenvalue weighted by Crippen LogP contribution is -2.36. The van der Waals surface area contributed by atoms with Crippen LogP contribution in [0.25, 0.3) is 0 Å². The molecule has 0 amide bonds. The van der Waals surface area contributed by atoms with Crippen molar-refractivity contribution < 1.29 is 0 Å². The molecule has 1 unspecified atom stereocenters. The van der Waals surface area contributed by atoms with E-state index in [1.54, 1.807) is 0 Å². The molecular formula is C11H18N4S. The van der Waals surface area contributed by atoms with Gasteiger partial charge < -0.3 is 5.43 Å². The summed E-state index contributed by atoms with van der Waals surface area (Å²) in [5.74, 6) is 7.22. The molecule has 0 aromatic carbocycles. The van der Waals surface area contributed by atoms with E-state index in [4.69, 9.17) is 5.84 Å². The summed E-state index contributed by atoms with van der Waals surface area (Å²) >= 11 is 2.05. The molecule has 2 heterocycles. The summed E-state index contributed by atoms with van der Waals surface area (Å²) in [4.78, 5) is 6.69. The molecular weight excluding hydrogens is 220 g/mol. The highest BCUT2D eigenvalue weighted by atomic mass is 32.2. The number of anilines is 1. The lowest BCUT2D eigenvalue weighted by atomic mass is 10.2. The third-order valence-electron chi connectivity index (χ3n) is 2.70. The first-order chi connectivity index (χ1) is 7.78. The second-order valence-electron chi connectivity index (χ2n) is 4.11. The Bertz CT molecular complexity index is 327. The highest BCUT2D eigenvalue weighted by Gasteiger charge is 2.16. The van der Waals surface area contributed by atoms with E-state index in [0.717, 1.165) is 11.8 Å². The van der Waals surface area contributed by atoms with Gasteiger partial charge in [0.2, 0.25) is 0 Å². The second kappa shape index (κ2) is 5.52. The van der Waals surface area contributed by atoms with Gasteiger partial charge in [-0.25, -0.2) is 10.8 Å². The van der Waals surface area contributed by atoms with Crippen LogP contribution in [-0.2, 0) is 6.54 Å². The van der Waals surface area contributed by atoms with E-state index in [2.05, 4.69) is 40.1 Å². The van der Waals surface area contributed by atoms with Gasteiger partial charge in [-0.05, 0) is 11.6 Å². The van der Waals surface area contributed by atoms with Gasteiger partial charge in [0.05, 0.1) is 0 Å². The fourth-order valence-electron chi connectivity index (χ4n) is 1.90. The van der Waals surface area contributed by atoms with Gasteiger partial charge in [0.1, 0.15) is 5.82 Å². The van der Waals surface area contributed by atoms with Gasteiger partial charge in [0.15, 0.2) is 0 Å². The van der Waals surface area contributed by atoms with Crippen molar-refractivity contribution in [1.29, 1.82) is 0 Å². The zero-order chi connectivity index (χ0) is 11.4. The molecule has 0 radical (unpaired) electrons. The van der Waals surface area contributed by atoms with Crippen molar-refractivity contribution in [2.24, 2.45) is 5.84 Å². The molecule has 1 atom stereocenters. The zero-order valence-corrected chi connectivity index (χ0v) is 10.3. The number of thioether (sulfide) groups is 1. The Balaban J connectivity index is 1.92. The molecule has 4 nitrogen and oxygen atoms in total. The van der Waals surface area contributed by atoms with Crippen molar-refractivity contribution in [2.75, 3.05) is 24.3 Å². The molecule has 88 valence electrons. The zero-order valence-electron chi connectivity index (χ0n) is 9.52. The average molecular weight is 238 g/mol. The lowest BCUT2D eigenvalue weighted by Gasteiger charge is -2.30. The maximum atomic E-state index is 5.28. The minimum Gasteiger partial charge on any atom is -0.308 e. The molecule has 0 aliphatic carbocycles. The van der Waals surface area contributed by atoms with Crippen LogP contribution in [0.15, 0.2) is 18.3 Å². The highest BCUT2D eigenvalue weighted by Crippen LogP contribution is 2.19. The Morgan fingerprint density at radius 2 is 2.50 bits per heavy atom. The number of nitrogens with zero attached hydrogens (tertiary/aromatic N) is 2. The number of hydrogen-bond donors (Lipinski definition) is 2. The summed E-state index contributed by atoms with van der Waals surface area (Å²) in [6.45, 7) is 5.62. The van der Waals surface area contributed by atoms with Crippen molar-refractivity contribution in [3.05, 3.63) is 23.9 Å². The molecule has 1 aromatic heterocycles. The molecule has 16 heavy (non-hydrogen) atoms. The molecule has 0 bridgehead atoms. The quantitative estimate of drug-likeness (QED) is 0.614. The van der Waals surface area contributed by atoms with E-state index in [9.17, 15) is 0 Å². The van der Waals surface area contributed by atoms with E-state index in [1.165, 1.54) is 24.4 Å². The SMILES string of the molecule is CC1CN(Cc2ccc(NN)nc2)CCS1. The highest BCUT2D eigenvalue weighted by molar-refractivity contribution is 7.99. The van der Waals surface area contributed by atoms with Crippen molar-refractivity contribution in [1.82, 2.24) is 9.88 Å². The summed E-state index contributed by atoms with van der Waals surface area (Å²) in [7, 11) is 0. The summed E-state index contributed by atoms with van der Waals surface area (Å²) < 4.78 is 0. The predicted molar refractivity (Wildman–Crippen MR) is 69.2 cm³/mol. The number of pyridine rings is 1. The van der Waals surface area contributed by atoms with Gasteiger partial charge in [-0.15, -0.1) is 0 Å². The van der Waals surface area contributed by atoms with Crippen LogP contribution in [0.4, 0.5) is 5.82 Å². The van der Waals surface area contributed by atoms with E-state index >= 15 is 0 Å². The van der Waals surface area contributed by atoms with Crippen molar-refractivity contribution in [3.63, 3.8) is 0 Å². The minimum atomic E-state index is 0.714. The molecule has 2 rings (SSSR count). The third kappa shape index (κ3) is 3.10. The fourth-order valence-corrected chi connectivity index (χ4v) is 2.98. The minimum absolute atomic E-state index is 0.714. The van der Waals surface area contributed by atoms with Crippen LogP contribution < -0.4 is 11.3 Å². The van der Waals surface area contributed by atoms with E-state index in [1.807, 2.05) is 12.3 Å². The maximum Gasteiger partial charge on any atom is 0.139 e. The second-order valence-corrected chi connectivity index (χ2v) is 5.66. The van der Waals surface area contributed by atoms with Crippen LogP contribution in [-0.4, -0.2) is 34.0 Å². The molecule has 3 N–H and O–H groups in total. The van der Waals surface area contributed by atoms with Gasteiger partial charge >= 0.3 is 0 Å². The van der Waals surface area contributed by atoms with Crippen molar-refractivity contribution >= 4 is 17.6 Å². The summed E-state index contributed by atoms with van der Waals surface area (Å²) in [5, 5.41) is 0.742. The number of nitrogen functional groups attached to an aromatic ring is 1. The Labute approximate surface area is 101 Å². The molecule has 1 fully saturated rings. The number of nitrogens with two attached hydrogens (primary N) is 1. The van der Waals surface area contributed by atoms with E-state index in [0.29, 0.717) is 5.82 Å². The van der Waals surface area contributed by atoms with Gasteiger partial charge in [0, 0.05) is 36.8 Å². The number of hydrogen-bond acceptors (Lipinski definition) is 5. The van der Waals surface area contributed by atoms with Gasteiger partial charge in [-0.2, -0.15) is 11.8 Å². The molecule has 1 saturated heterocycles. The third-order valence-corrected chi connectivity index (χ3v) is 3.84. The normalized spacial score (nSPS) is 22.0. The average Bonchev–Trinajstić information content (AvgIpc) is 2.30. The Morgan fingerprint density at radius 1 is 1.62 bits per heavy atom. The Morgan fingerprint density at radius 3 is 3.12 bits per heavy atom. The van der Waals surface area contributed by atoms with E-state index < -0.39 is 0 Å². The summed E-state index contributed by atoms with van der Waals surface area (Å²) in [6.07, 6.45) is 1.89. The Hall–Kier alpha value is -0.780. The summed E-state index contributed by atoms with van der Waals surface area (Å²) in [5.41, 5.74) is 3.79. The smallest absolute Gasteiger partial charge is 0.139 e. The van der Waals surface area contributed by atoms with Crippen LogP contribution in [0.3, 0.4) is 0 Å². The first-order valence-electron chi connectivity index (χ1n) is 5.53. The van der Waals surface area contributed by atoms with Crippen LogP contribution in [0.5, 0.6) is 0 Å². The van der Waals surface area contributed by atoms with Crippen LogP contribution in [0.1, 0.15) is 12.5 Å². The first-order valence-corrected chi connectivity index (χ1v) is 6.58. The van der Waals surface area contributed by atoms with Gasteiger partial charge in [0.25, 0.3) is 0 Å². The maximum absolute atomic E-state index is 5.28. The molecule has 5 heteroatoms. The lowest BCUT2D eigenvalue weighted by molar-refractivity contribution is 0.278. The van der Waals surface area contributed by atoms with Crippen molar-refractivity contribution in [2.45, 2.75) is 18.7 Å². The first kappa shape index (κ1) is 11.7. The number of nitrogens with one attached hydrogen (secondary N) is 1. The topological polar surface area (TPSA) is 54.2 Å².